The van der Waals surface area contributed by atoms with Crippen LogP contribution in [0.2, 0.25) is 0 Å². The Kier molecular flexibility index (Phi) is 3.13. The highest BCUT2D eigenvalue weighted by Gasteiger charge is 2.01. The number of nitrogens with one attached hydrogen (secondary N) is 1. The third-order valence-corrected chi connectivity index (χ3v) is 2.49. The topological polar surface area (TPSA) is 75.3 Å². The lowest BCUT2D eigenvalue weighted by atomic mass is 10.2. The van der Waals surface area contributed by atoms with Gasteiger partial charge < -0.3 is 15.6 Å². The molecule has 0 spiro atoms. The Labute approximate surface area is 79.4 Å². The Bertz CT molecular complexity index is 328. The second-order valence-corrected chi connectivity index (χ2v) is 3.98. The molecule has 0 aliphatic heterocycles. The summed E-state index contributed by atoms with van der Waals surface area (Å²) in [5.74, 6) is 0.616. The van der Waals surface area contributed by atoms with Gasteiger partial charge in [-0.25, -0.2) is 4.21 Å². The van der Waals surface area contributed by atoms with Crippen molar-refractivity contribution in [3.8, 4) is 5.75 Å². The number of benzene rings is 1. The van der Waals surface area contributed by atoms with Crippen LogP contribution in [0.4, 0.5) is 11.4 Å². The molecule has 1 rings (SSSR count). The molecule has 1 aromatic rings. The highest BCUT2D eigenvalue weighted by Crippen LogP contribution is 2.23. The summed E-state index contributed by atoms with van der Waals surface area (Å²) in [5, 5.41) is 9.05. The first-order valence-corrected chi connectivity index (χ1v) is 5.19. The minimum atomic E-state index is -1.11. The van der Waals surface area contributed by atoms with Crippen molar-refractivity contribution in [2.24, 2.45) is 0 Å². The largest absolute Gasteiger partial charge is 0.508 e. The fourth-order valence-corrected chi connectivity index (χ4v) is 1.41. The molecule has 0 aliphatic carbocycles. The molecule has 72 valence electrons. The molecule has 4 N–H and O–H groups in total. The summed E-state index contributed by atoms with van der Waals surface area (Å²) in [7, 11) is -1.11. The van der Waals surface area contributed by atoms with Crippen molar-refractivity contribution in [2.75, 3.05) is 16.2 Å². The van der Waals surface area contributed by atoms with E-state index in [1.54, 1.807) is 13.0 Å². The smallest absolute Gasteiger partial charge is 0.117 e. The number of hydrogen-bond acceptors (Lipinski definition) is 3. The van der Waals surface area contributed by atoms with Crippen LogP contribution in [0.5, 0.6) is 5.75 Å². The first-order chi connectivity index (χ1) is 6.13. The maximum atomic E-state index is 11.1. The Balaban J connectivity index is 2.83. The molecule has 1 atom stereocenters. The zero-order valence-electron chi connectivity index (χ0n) is 7.28. The van der Waals surface area contributed by atoms with Gasteiger partial charge in [0, 0.05) is 11.8 Å². The van der Waals surface area contributed by atoms with Gasteiger partial charge in [0.15, 0.2) is 0 Å². The molecular formula is C8H12N2O2S. The molecular weight excluding hydrogens is 188 g/mol. The summed E-state index contributed by atoms with van der Waals surface area (Å²) in [6.45, 7) is 1.81. The quantitative estimate of drug-likeness (QED) is 0.504. The standard InChI is InChI=1S/C8H12N2O2S/c1-2-13(12)10-8-4-3-6(11)5-7(8)9/h3-5,10-11H,2,9H2,1H3. The highest BCUT2D eigenvalue weighted by molar-refractivity contribution is 7.86. The van der Waals surface area contributed by atoms with E-state index >= 15 is 0 Å². The molecule has 0 bridgehead atoms. The van der Waals surface area contributed by atoms with Crippen LogP contribution in [0.3, 0.4) is 0 Å². The predicted molar refractivity (Wildman–Crippen MR) is 54.8 cm³/mol. The van der Waals surface area contributed by atoms with Crippen molar-refractivity contribution in [3.05, 3.63) is 18.2 Å². The third kappa shape index (κ3) is 2.62. The van der Waals surface area contributed by atoms with Crippen LogP contribution in [0.1, 0.15) is 6.92 Å². The fraction of sp³-hybridized carbons (Fsp3) is 0.250. The van der Waals surface area contributed by atoms with Crippen molar-refractivity contribution in [3.63, 3.8) is 0 Å². The van der Waals surface area contributed by atoms with Crippen LogP contribution in [0, 0.1) is 0 Å². The van der Waals surface area contributed by atoms with E-state index in [1.807, 2.05) is 0 Å². The van der Waals surface area contributed by atoms with Crippen molar-refractivity contribution < 1.29 is 9.32 Å². The molecule has 4 nitrogen and oxygen atoms in total. The molecule has 0 amide bonds. The average Bonchev–Trinajstić information content (AvgIpc) is 2.09. The van der Waals surface area contributed by atoms with Crippen molar-refractivity contribution in [2.45, 2.75) is 6.92 Å². The molecule has 1 aromatic carbocycles. The number of nitrogen functional groups attached to an aromatic ring is 1. The molecule has 0 saturated heterocycles. The summed E-state index contributed by atoms with van der Waals surface area (Å²) in [4.78, 5) is 0. The fourth-order valence-electron chi connectivity index (χ4n) is 0.838. The van der Waals surface area contributed by atoms with E-state index in [0.29, 0.717) is 17.1 Å². The Morgan fingerprint density at radius 3 is 2.85 bits per heavy atom. The van der Waals surface area contributed by atoms with Crippen LogP contribution >= 0.6 is 0 Å². The Hall–Kier alpha value is -1.23. The van der Waals surface area contributed by atoms with Crippen molar-refractivity contribution in [1.29, 1.82) is 0 Å². The van der Waals surface area contributed by atoms with Gasteiger partial charge in [0.2, 0.25) is 0 Å². The van der Waals surface area contributed by atoms with E-state index in [1.165, 1.54) is 12.1 Å². The van der Waals surface area contributed by atoms with E-state index in [2.05, 4.69) is 4.72 Å². The predicted octanol–water partition coefficient (Wildman–Crippen LogP) is 1.07. The number of aromatic hydroxyl groups is 1. The van der Waals surface area contributed by atoms with Gasteiger partial charge in [-0.05, 0) is 12.1 Å². The molecule has 1 unspecified atom stereocenters. The van der Waals surface area contributed by atoms with Gasteiger partial charge in [0.25, 0.3) is 0 Å². The lowest BCUT2D eigenvalue weighted by Gasteiger charge is -2.07. The van der Waals surface area contributed by atoms with Gasteiger partial charge in [0.1, 0.15) is 16.7 Å². The monoisotopic (exact) mass is 200 g/mol. The molecule has 0 saturated carbocycles. The second-order valence-electron chi connectivity index (χ2n) is 2.51. The van der Waals surface area contributed by atoms with Crippen LogP contribution in [-0.2, 0) is 11.0 Å². The molecule has 13 heavy (non-hydrogen) atoms. The number of anilines is 2. The van der Waals surface area contributed by atoms with E-state index in [-0.39, 0.29) is 5.75 Å². The first-order valence-electron chi connectivity index (χ1n) is 3.87. The Morgan fingerprint density at radius 1 is 1.62 bits per heavy atom. The SMILES string of the molecule is CCS(=O)Nc1ccc(O)cc1N. The maximum Gasteiger partial charge on any atom is 0.117 e. The second kappa shape index (κ2) is 4.13. The van der Waals surface area contributed by atoms with Crippen molar-refractivity contribution >= 4 is 22.4 Å². The van der Waals surface area contributed by atoms with Gasteiger partial charge >= 0.3 is 0 Å². The van der Waals surface area contributed by atoms with Crippen LogP contribution in [-0.4, -0.2) is 15.1 Å². The lowest BCUT2D eigenvalue weighted by Crippen LogP contribution is -2.07. The lowest BCUT2D eigenvalue weighted by molar-refractivity contribution is 0.476. The third-order valence-electron chi connectivity index (χ3n) is 1.52. The normalized spacial score (nSPS) is 12.4. The van der Waals surface area contributed by atoms with Gasteiger partial charge in [-0.15, -0.1) is 0 Å². The number of hydrogen-bond donors (Lipinski definition) is 3. The van der Waals surface area contributed by atoms with Crippen LogP contribution in [0.25, 0.3) is 0 Å². The molecule has 5 heteroatoms. The van der Waals surface area contributed by atoms with E-state index < -0.39 is 11.0 Å². The molecule has 0 aliphatic rings. The average molecular weight is 200 g/mol. The molecule has 0 fully saturated rings. The van der Waals surface area contributed by atoms with Crippen molar-refractivity contribution in [1.82, 2.24) is 0 Å². The summed E-state index contributed by atoms with van der Waals surface area (Å²) >= 11 is 0. The molecule has 0 aromatic heterocycles. The van der Waals surface area contributed by atoms with Gasteiger partial charge in [-0.3, -0.25) is 0 Å². The maximum absolute atomic E-state index is 11.1. The minimum absolute atomic E-state index is 0.102. The summed E-state index contributed by atoms with van der Waals surface area (Å²) < 4.78 is 13.8. The highest BCUT2D eigenvalue weighted by atomic mass is 32.2. The van der Waals surface area contributed by atoms with E-state index in [9.17, 15) is 4.21 Å². The number of rotatable bonds is 3. The summed E-state index contributed by atoms with van der Waals surface area (Å²) in [6, 6.07) is 4.50. The summed E-state index contributed by atoms with van der Waals surface area (Å²) in [5.41, 5.74) is 6.54. The number of phenols is 1. The van der Waals surface area contributed by atoms with Gasteiger partial charge in [-0.1, -0.05) is 6.92 Å². The van der Waals surface area contributed by atoms with E-state index in [0.717, 1.165) is 0 Å². The zero-order valence-corrected chi connectivity index (χ0v) is 8.10. The Morgan fingerprint density at radius 2 is 2.31 bits per heavy atom. The molecule has 0 heterocycles. The van der Waals surface area contributed by atoms with E-state index in [4.69, 9.17) is 10.8 Å². The first kappa shape index (κ1) is 9.85. The van der Waals surface area contributed by atoms with Crippen LogP contribution < -0.4 is 10.5 Å². The van der Waals surface area contributed by atoms with Gasteiger partial charge in [-0.2, -0.15) is 0 Å². The minimum Gasteiger partial charge on any atom is -0.508 e. The molecule has 0 radical (unpaired) electrons. The number of phenolic OH excluding ortho intramolecular Hbond substituents is 1. The van der Waals surface area contributed by atoms with Crippen LogP contribution in [0.15, 0.2) is 18.2 Å². The number of nitrogens with two attached hydrogens (primary N) is 1. The summed E-state index contributed by atoms with van der Waals surface area (Å²) in [6.07, 6.45) is 0. The zero-order chi connectivity index (χ0) is 9.84. The van der Waals surface area contributed by atoms with Gasteiger partial charge in [0.05, 0.1) is 11.4 Å².